The molecule has 0 saturated carbocycles. The van der Waals surface area contributed by atoms with Crippen molar-refractivity contribution in [2.45, 2.75) is 5.60 Å². The number of cyclic esters (lactones) is 1. The van der Waals surface area contributed by atoms with Gasteiger partial charge < -0.3 is 14.2 Å². The molecule has 1 aliphatic heterocycles. The summed E-state index contributed by atoms with van der Waals surface area (Å²) in [6.07, 6.45) is 1.30. The third kappa shape index (κ3) is 2.87. The van der Waals surface area contributed by atoms with Crippen molar-refractivity contribution in [3.8, 4) is 5.75 Å². The minimum atomic E-state index is -1.68. The fourth-order valence-electron chi connectivity index (χ4n) is 2.82. The van der Waals surface area contributed by atoms with E-state index in [9.17, 15) is 9.59 Å². The molecule has 1 atom stereocenters. The Hall–Kier alpha value is -2.79. The van der Waals surface area contributed by atoms with Crippen LogP contribution in [-0.2, 0) is 24.7 Å². The highest BCUT2D eigenvalue weighted by Gasteiger charge is 2.53. The Morgan fingerprint density at radius 1 is 1.04 bits per heavy atom. The van der Waals surface area contributed by atoms with Gasteiger partial charge in [-0.1, -0.05) is 35.9 Å². The first-order valence-electron chi connectivity index (χ1n) is 7.45. The van der Waals surface area contributed by atoms with Crippen molar-refractivity contribution >= 4 is 29.1 Å². The van der Waals surface area contributed by atoms with Crippen molar-refractivity contribution in [2.75, 3.05) is 14.2 Å². The third-order valence-electron chi connectivity index (χ3n) is 4.02. The van der Waals surface area contributed by atoms with Crippen LogP contribution in [0.25, 0.3) is 5.57 Å². The number of halogens is 1. The van der Waals surface area contributed by atoms with Crippen LogP contribution in [0.5, 0.6) is 5.75 Å². The summed E-state index contributed by atoms with van der Waals surface area (Å²) in [5, 5.41) is 0.503. The molecule has 0 aliphatic carbocycles. The number of hydrogen-bond acceptors (Lipinski definition) is 5. The Bertz CT molecular complexity index is 839. The van der Waals surface area contributed by atoms with Gasteiger partial charge in [0.2, 0.25) is 0 Å². The van der Waals surface area contributed by atoms with E-state index >= 15 is 0 Å². The molecule has 6 heteroatoms. The van der Waals surface area contributed by atoms with Crippen LogP contribution < -0.4 is 4.74 Å². The summed E-state index contributed by atoms with van der Waals surface area (Å²) in [5.41, 5.74) is -0.177. The minimum absolute atomic E-state index is 0.398. The van der Waals surface area contributed by atoms with Crippen molar-refractivity contribution in [2.24, 2.45) is 0 Å². The van der Waals surface area contributed by atoms with Crippen LogP contribution in [0.2, 0.25) is 5.02 Å². The van der Waals surface area contributed by atoms with E-state index in [1.54, 1.807) is 55.6 Å². The first-order valence-corrected chi connectivity index (χ1v) is 7.83. The average molecular weight is 359 g/mol. The number of rotatable bonds is 4. The molecule has 1 heterocycles. The molecule has 128 valence electrons. The Kier molecular flexibility index (Phi) is 4.51. The van der Waals surface area contributed by atoms with Crippen molar-refractivity contribution in [3.05, 3.63) is 70.8 Å². The lowest BCUT2D eigenvalue weighted by Gasteiger charge is -2.29. The molecular formula is C19H15ClO5. The molecule has 0 fully saturated rings. The number of hydrogen-bond donors (Lipinski definition) is 0. The second-order valence-electron chi connectivity index (χ2n) is 5.39. The predicted octanol–water partition coefficient (Wildman–Crippen LogP) is 3.36. The normalized spacial score (nSPS) is 19.2. The van der Waals surface area contributed by atoms with Gasteiger partial charge in [0.05, 0.1) is 14.2 Å². The molecule has 0 aromatic heterocycles. The Balaban J connectivity index is 2.18. The lowest BCUT2D eigenvalue weighted by atomic mass is 9.83. The van der Waals surface area contributed by atoms with Crippen LogP contribution in [0.4, 0.5) is 0 Å². The van der Waals surface area contributed by atoms with Gasteiger partial charge in [0.25, 0.3) is 5.60 Å². The van der Waals surface area contributed by atoms with Gasteiger partial charge >= 0.3 is 11.9 Å². The van der Waals surface area contributed by atoms with Crippen LogP contribution in [0.3, 0.4) is 0 Å². The Morgan fingerprint density at radius 3 is 2.24 bits per heavy atom. The number of carbonyl (C=O) groups excluding carboxylic acids is 2. The molecule has 5 nitrogen and oxygen atoms in total. The van der Waals surface area contributed by atoms with Crippen molar-refractivity contribution in [1.82, 2.24) is 0 Å². The Labute approximate surface area is 149 Å². The van der Waals surface area contributed by atoms with Crippen LogP contribution in [0.1, 0.15) is 11.1 Å². The average Bonchev–Trinajstić information content (AvgIpc) is 3.00. The highest BCUT2D eigenvalue weighted by molar-refractivity contribution is 6.30. The van der Waals surface area contributed by atoms with Crippen molar-refractivity contribution in [1.29, 1.82) is 0 Å². The number of ether oxygens (including phenoxy) is 3. The van der Waals surface area contributed by atoms with Gasteiger partial charge in [-0.05, 0) is 29.8 Å². The number of esters is 2. The molecule has 0 unspecified atom stereocenters. The summed E-state index contributed by atoms with van der Waals surface area (Å²) in [7, 11) is 2.81. The van der Waals surface area contributed by atoms with Crippen LogP contribution in [0.15, 0.2) is 54.6 Å². The van der Waals surface area contributed by atoms with Gasteiger partial charge in [-0.15, -0.1) is 0 Å². The lowest BCUT2D eigenvalue weighted by Crippen LogP contribution is -2.39. The van der Waals surface area contributed by atoms with Gasteiger partial charge in [-0.25, -0.2) is 9.59 Å². The molecule has 3 rings (SSSR count). The monoisotopic (exact) mass is 358 g/mol. The summed E-state index contributed by atoms with van der Waals surface area (Å²) < 4.78 is 15.6. The van der Waals surface area contributed by atoms with Gasteiger partial charge in [0.15, 0.2) is 0 Å². The number of benzene rings is 2. The highest BCUT2D eigenvalue weighted by atomic mass is 35.5. The standard InChI is InChI=1S/C19H15ClO5/c1-23-15-9-3-12(4-10-15)16-11-17(21)25-19(16,18(22)24-2)13-5-7-14(20)8-6-13/h3-11H,1-2H3/t19-/m0/s1. The quantitative estimate of drug-likeness (QED) is 0.784. The summed E-state index contributed by atoms with van der Waals surface area (Å²) in [4.78, 5) is 24.7. The van der Waals surface area contributed by atoms with Gasteiger partial charge in [-0.3, -0.25) is 0 Å². The fraction of sp³-hybridized carbons (Fsp3) is 0.158. The first-order chi connectivity index (χ1) is 12.0. The predicted molar refractivity (Wildman–Crippen MR) is 92.2 cm³/mol. The zero-order valence-electron chi connectivity index (χ0n) is 13.6. The van der Waals surface area contributed by atoms with Gasteiger partial charge in [0, 0.05) is 22.2 Å². The van der Waals surface area contributed by atoms with E-state index in [1.165, 1.54) is 13.2 Å². The third-order valence-corrected chi connectivity index (χ3v) is 4.27. The smallest absolute Gasteiger partial charge is 0.360 e. The maximum absolute atomic E-state index is 12.7. The van der Waals surface area contributed by atoms with Crippen LogP contribution in [0, 0.1) is 0 Å². The molecule has 0 N–H and O–H groups in total. The van der Waals surface area contributed by atoms with E-state index in [0.29, 0.717) is 27.5 Å². The molecule has 1 aliphatic rings. The topological polar surface area (TPSA) is 61.8 Å². The van der Waals surface area contributed by atoms with E-state index in [4.69, 9.17) is 25.8 Å². The zero-order chi connectivity index (χ0) is 18.0. The van der Waals surface area contributed by atoms with Crippen molar-refractivity contribution < 1.29 is 23.8 Å². The van der Waals surface area contributed by atoms with Crippen molar-refractivity contribution in [3.63, 3.8) is 0 Å². The Morgan fingerprint density at radius 2 is 1.68 bits per heavy atom. The van der Waals surface area contributed by atoms with E-state index < -0.39 is 17.5 Å². The number of carbonyl (C=O) groups is 2. The molecular weight excluding hydrogens is 344 g/mol. The van der Waals surface area contributed by atoms with Gasteiger partial charge in [0.1, 0.15) is 5.75 Å². The van der Waals surface area contributed by atoms with E-state index in [2.05, 4.69) is 0 Å². The summed E-state index contributed by atoms with van der Waals surface area (Å²) in [5.74, 6) is -0.654. The fourth-order valence-corrected chi connectivity index (χ4v) is 2.95. The van der Waals surface area contributed by atoms with E-state index in [1.807, 2.05) is 0 Å². The SMILES string of the molecule is COC(=O)[C@@]1(c2ccc(Cl)cc2)OC(=O)C=C1c1ccc(OC)cc1. The molecule has 0 amide bonds. The minimum Gasteiger partial charge on any atom is -0.497 e. The van der Waals surface area contributed by atoms with Crippen LogP contribution in [-0.4, -0.2) is 26.2 Å². The van der Waals surface area contributed by atoms with Gasteiger partial charge in [-0.2, -0.15) is 0 Å². The summed E-state index contributed by atoms with van der Waals surface area (Å²) in [6.45, 7) is 0. The summed E-state index contributed by atoms with van der Waals surface area (Å²) >= 11 is 5.94. The molecule has 25 heavy (non-hydrogen) atoms. The second kappa shape index (κ2) is 6.61. The highest BCUT2D eigenvalue weighted by Crippen LogP contribution is 2.45. The number of methoxy groups -OCH3 is 2. The van der Waals surface area contributed by atoms with E-state index in [0.717, 1.165) is 0 Å². The largest absolute Gasteiger partial charge is 0.497 e. The molecule has 0 saturated heterocycles. The first kappa shape index (κ1) is 17.0. The molecule has 0 spiro atoms. The molecule has 0 radical (unpaired) electrons. The maximum Gasteiger partial charge on any atom is 0.360 e. The maximum atomic E-state index is 12.7. The summed E-state index contributed by atoms with van der Waals surface area (Å²) in [6, 6.07) is 13.5. The lowest BCUT2D eigenvalue weighted by molar-refractivity contribution is -0.169. The van der Waals surface area contributed by atoms with Crippen LogP contribution >= 0.6 is 11.6 Å². The second-order valence-corrected chi connectivity index (χ2v) is 5.82. The zero-order valence-corrected chi connectivity index (χ0v) is 14.4. The molecule has 2 aromatic rings. The molecule has 0 bridgehead atoms. The molecule has 2 aromatic carbocycles. The van der Waals surface area contributed by atoms with E-state index in [-0.39, 0.29) is 0 Å².